The number of ether oxygens (including phenoxy) is 1. The van der Waals surface area contributed by atoms with Crippen molar-refractivity contribution in [1.29, 1.82) is 0 Å². The van der Waals surface area contributed by atoms with Crippen LogP contribution in [-0.4, -0.2) is 29.8 Å². The third-order valence-corrected chi connectivity index (χ3v) is 5.33. The van der Waals surface area contributed by atoms with Gasteiger partial charge in [-0.25, -0.2) is 0 Å². The van der Waals surface area contributed by atoms with E-state index in [-0.39, 0.29) is 30.0 Å². The molecule has 27 heavy (non-hydrogen) atoms. The number of nitrogens with zero attached hydrogens (tertiary/aromatic N) is 2. The maximum Gasteiger partial charge on any atom is 0.308 e. The molecule has 0 unspecified atom stereocenters. The first-order chi connectivity index (χ1) is 12.9. The van der Waals surface area contributed by atoms with Gasteiger partial charge in [0.25, 0.3) is 0 Å². The second kappa shape index (κ2) is 7.39. The number of benzene rings is 1. The largest absolute Gasteiger partial charge is 0.508 e. The molecule has 0 radical (unpaired) electrons. The Morgan fingerprint density at radius 3 is 2.52 bits per heavy atom. The van der Waals surface area contributed by atoms with E-state index >= 15 is 0 Å². The molecule has 2 aliphatic rings. The predicted molar refractivity (Wildman–Crippen MR) is 97.6 cm³/mol. The Morgan fingerprint density at radius 1 is 1.30 bits per heavy atom. The second-order valence-electron chi connectivity index (χ2n) is 7.19. The number of phenols is 1. The third-order valence-electron chi connectivity index (χ3n) is 5.33. The summed E-state index contributed by atoms with van der Waals surface area (Å²) < 4.78 is 4.81. The van der Waals surface area contributed by atoms with Crippen LogP contribution in [0.1, 0.15) is 44.1 Å². The van der Waals surface area contributed by atoms with Gasteiger partial charge in [0.05, 0.1) is 18.6 Å². The Balaban J connectivity index is 1.64. The van der Waals surface area contributed by atoms with Crippen LogP contribution in [0.2, 0.25) is 0 Å². The summed E-state index contributed by atoms with van der Waals surface area (Å²) in [6.45, 7) is 0. The summed E-state index contributed by atoms with van der Waals surface area (Å²) in [5.74, 6) is 2.07. The fourth-order valence-electron chi connectivity index (χ4n) is 3.62. The third kappa shape index (κ3) is 4.11. The van der Waals surface area contributed by atoms with Gasteiger partial charge in [0.1, 0.15) is 5.75 Å². The second-order valence-corrected chi connectivity index (χ2v) is 7.19. The van der Waals surface area contributed by atoms with Crippen molar-refractivity contribution in [3.8, 4) is 18.1 Å². The number of nitrogens with one attached hydrogen (secondary N) is 1. The van der Waals surface area contributed by atoms with E-state index in [4.69, 9.17) is 11.2 Å². The minimum atomic E-state index is -0.631. The van der Waals surface area contributed by atoms with Gasteiger partial charge in [-0.15, -0.1) is 12.3 Å². The Labute approximate surface area is 158 Å². The number of methoxy groups -OCH3 is 1. The molecule has 142 valence electrons. The zero-order valence-corrected chi connectivity index (χ0v) is 15.3. The highest BCUT2D eigenvalue weighted by atomic mass is 16.5. The van der Waals surface area contributed by atoms with Gasteiger partial charge in [0.2, 0.25) is 5.91 Å². The van der Waals surface area contributed by atoms with Crippen LogP contribution >= 0.6 is 0 Å². The highest BCUT2D eigenvalue weighted by Crippen LogP contribution is 2.47. The number of aromatic hydroxyl groups is 1. The van der Waals surface area contributed by atoms with Crippen molar-refractivity contribution < 1.29 is 19.4 Å². The summed E-state index contributed by atoms with van der Waals surface area (Å²) in [7, 11) is 1.36. The van der Waals surface area contributed by atoms with Crippen LogP contribution in [0.15, 0.2) is 34.5 Å². The molecule has 1 saturated carbocycles. The number of esters is 1. The lowest BCUT2D eigenvalue weighted by atomic mass is 9.64. The van der Waals surface area contributed by atoms with Crippen LogP contribution in [-0.2, 0) is 19.9 Å². The zero-order chi connectivity index (χ0) is 19.5. The molecule has 1 heterocycles. The van der Waals surface area contributed by atoms with E-state index < -0.39 is 11.2 Å². The van der Waals surface area contributed by atoms with E-state index in [2.05, 4.69) is 21.5 Å². The molecule has 7 nitrogen and oxygen atoms in total. The molecule has 1 aliphatic heterocycles. The number of carbonyl (C=O) groups is 2. The first-order valence-electron chi connectivity index (χ1n) is 8.98. The molecular formula is C20H23N3O4. The summed E-state index contributed by atoms with van der Waals surface area (Å²) in [5.41, 5.74) is -0.270. The Morgan fingerprint density at radius 2 is 1.96 bits per heavy atom. The molecule has 0 bridgehead atoms. The maximum absolute atomic E-state index is 12.6. The average molecular weight is 369 g/mol. The maximum atomic E-state index is 12.6. The molecule has 1 amide bonds. The lowest BCUT2D eigenvalue weighted by molar-refractivity contribution is -0.153. The molecule has 2 N–H and O–H groups in total. The summed E-state index contributed by atoms with van der Waals surface area (Å²) >= 11 is 0. The van der Waals surface area contributed by atoms with Crippen molar-refractivity contribution in [3.63, 3.8) is 0 Å². The van der Waals surface area contributed by atoms with Gasteiger partial charge in [-0.05, 0) is 30.5 Å². The van der Waals surface area contributed by atoms with Crippen LogP contribution in [0.4, 0.5) is 0 Å². The lowest BCUT2D eigenvalue weighted by Crippen LogP contribution is -2.56. The summed E-state index contributed by atoms with van der Waals surface area (Å²) in [6, 6.07) is 6.68. The van der Waals surface area contributed by atoms with E-state index in [1.54, 1.807) is 24.3 Å². The van der Waals surface area contributed by atoms with E-state index in [9.17, 15) is 14.7 Å². The fourth-order valence-corrected chi connectivity index (χ4v) is 3.62. The molecular weight excluding hydrogens is 346 g/mol. The zero-order valence-electron chi connectivity index (χ0n) is 15.3. The van der Waals surface area contributed by atoms with Crippen LogP contribution < -0.4 is 5.32 Å². The molecule has 0 spiro atoms. The van der Waals surface area contributed by atoms with E-state index in [0.717, 1.165) is 5.56 Å². The van der Waals surface area contributed by atoms with Crippen LogP contribution in [0, 0.1) is 18.3 Å². The molecule has 1 aromatic rings. The van der Waals surface area contributed by atoms with Crippen LogP contribution in [0.5, 0.6) is 5.75 Å². The van der Waals surface area contributed by atoms with Crippen LogP contribution in [0.25, 0.3) is 0 Å². The molecule has 7 heteroatoms. The van der Waals surface area contributed by atoms with Crippen molar-refractivity contribution in [2.45, 2.75) is 49.7 Å². The van der Waals surface area contributed by atoms with Gasteiger partial charge < -0.3 is 15.2 Å². The van der Waals surface area contributed by atoms with E-state index in [1.807, 2.05) is 0 Å². The van der Waals surface area contributed by atoms with Crippen molar-refractivity contribution in [2.24, 2.45) is 16.1 Å². The first-order valence-corrected chi connectivity index (χ1v) is 8.98. The van der Waals surface area contributed by atoms with Crippen molar-refractivity contribution in [1.82, 2.24) is 5.32 Å². The molecule has 0 saturated heterocycles. The fraction of sp³-hybridized carbons (Fsp3) is 0.500. The average Bonchev–Trinajstić information content (AvgIpc) is 3.41. The minimum absolute atomic E-state index is 0.122. The van der Waals surface area contributed by atoms with Crippen molar-refractivity contribution in [2.75, 3.05) is 7.11 Å². The standard InChI is InChI=1S/C20H23N3O4/c1-3-4-10-20(22-23-20)11-9-17(25)21-19(12-14(13-19)18(26)27-2)15-5-7-16(24)8-6-15/h1,5-8,14,24H,4,9-13H2,2H3,(H,21,25). The van der Waals surface area contributed by atoms with E-state index in [0.29, 0.717) is 32.1 Å². The SMILES string of the molecule is C#CCCC1(CCC(=O)NC2(c3ccc(O)cc3)CC(C(=O)OC)C2)N=N1. The number of terminal acetylenes is 1. The van der Waals surface area contributed by atoms with Crippen LogP contribution in [0.3, 0.4) is 0 Å². The number of phenolic OH excluding ortho intramolecular Hbond substituents is 1. The minimum Gasteiger partial charge on any atom is -0.508 e. The number of carbonyl (C=O) groups excluding carboxylic acids is 2. The first kappa shape index (κ1) is 18.9. The highest BCUT2D eigenvalue weighted by molar-refractivity contribution is 5.79. The molecule has 3 rings (SSSR count). The Kier molecular flexibility index (Phi) is 5.17. The van der Waals surface area contributed by atoms with Gasteiger partial charge in [-0.2, -0.15) is 10.2 Å². The van der Waals surface area contributed by atoms with Gasteiger partial charge in [-0.3, -0.25) is 9.59 Å². The summed E-state index contributed by atoms with van der Waals surface area (Å²) in [5, 5.41) is 20.7. The predicted octanol–water partition coefficient (Wildman–Crippen LogP) is 2.64. The lowest BCUT2D eigenvalue weighted by Gasteiger charge is -2.47. The number of hydrogen-bond donors (Lipinski definition) is 2. The normalized spacial score (nSPS) is 24.4. The van der Waals surface area contributed by atoms with Crippen molar-refractivity contribution in [3.05, 3.63) is 29.8 Å². The topological polar surface area (TPSA) is 100 Å². The van der Waals surface area contributed by atoms with Gasteiger partial charge >= 0.3 is 5.97 Å². The Bertz CT molecular complexity index is 782. The summed E-state index contributed by atoms with van der Waals surface area (Å²) in [6.07, 6.45) is 8.25. The monoisotopic (exact) mass is 369 g/mol. The molecule has 1 aliphatic carbocycles. The Hall–Kier alpha value is -2.88. The number of rotatable bonds is 8. The number of amides is 1. The quantitative estimate of drug-likeness (QED) is 0.543. The molecule has 1 fully saturated rings. The highest BCUT2D eigenvalue weighted by Gasteiger charge is 2.50. The number of hydrogen-bond acceptors (Lipinski definition) is 6. The molecule has 0 aromatic heterocycles. The molecule has 1 aromatic carbocycles. The summed E-state index contributed by atoms with van der Waals surface area (Å²) in [4.78, 5) is 24.4. The van der Waals surface area contributed by atoms with Gasteiger partial charge in [0, 0.05) is 25.7 Å². The van der Waals surface area contributed by atoms with Crippen molar-refractivity contribution >= 4 is 11.9 Å². The van der Waals surface area contributed by atoms with Gasteiger partial charge in [0.15, 0.2) is 5.66 Å². The smallest absolute Gasteiger partial charge is 0.308 e. The molecule has 0 atom stereocenters. The van der Waals surface area contributed by atoms with E-state index in [1.165, 1.54) is 7.11 Å². The van der Waals surface area contributed by atoms with Gasteiger partial charge in [-0.1, -0.05) is 12.1 Å².